The molecule has 0 saturated carbocycles. The third kappa shape index (κ3) is 5.01. The van der Waals surface area contributed by atoms with E-state index in [1.54, 1.807) is 0 Å². The number of carbonyl (C=O) groups excluding carboxylic acids is 1. The van der Waals surface area contributed by atoms with Crippen LogP contribution in [0.15, 0.2) is 54.6 Å². The number of aromatic nitrogens is 2. The van der Waals surface area contributed by atoms with E-state index in [0.717, 1.165) is 49.3 Å². The standard InChI is InChI=1S/C23H25ClN4O2/c24-20-7-2-1-6-19(20)22-13-21(26-27-22)17-8-10-28(11-9-17)14-16-4-3-5-18(12-16)30-15-23(25)29/h1-7,12-13,17H,8-11,14-15H2,(H2,25,29)(H,26,27). The molecule has 156 valence electrons. The lowest BCUT2D eigenvalue weighted by Crippen LogP contribution is -2.32. The van der Waals surface area contributed by atoms with Gasteiger partial charge in [0.25, 0.3) is 5.91 Å². The topological polar surface area (TPSA) is 84.2 Å². The maximum Gasteiger partial charge on any atom is 0.255 e. The molecular formula is C23H25ClN4O2. The molecule has 3 aromatic rings. The van der Waals surface area contributed by atoms with E-state index in [0.29, 0.717) is 16.7 Å². The normalized spacial score (nSPS) is 15.2. The number of likely N-dealkylation sites (tertiary alicyclic amines) is 1. The van der Waals surface area contributed by atoms with Crippen molar-refractivity contribution in [3.05, 3.63) is 70.9 Å². The van der Waals surface area contributed by atoms with Crippen LogP contribution in [-0.4, -0.2) is 40.7 Å². The number of halogens is 1. The maximum absolute atomic E-state index is 10.9. The lowest BCUT2D eigenvalue weighted by Gasteiger charge is -2.31. The van der Waals surface area contributed by atoms with Crippen LogP contribution in [0.4, 0.5) is 0 Å². The summed E-state index contributed by atoms with van der Waals surface area (Å²) in [6, 6.07) is 17.7. The SMILES string of the molecule is NC(=O)COc1cccc(CN2CCC(c3cc(-c4ccccc4Cl)n[nH]3)CC2)c1. The molecule has 2 heterocycles. The van der Waals surface area contributed by atoms with Gasteiger partial charge in [-0.2, -0.15) is 5.10 Å². The molecule has 0 atom stereocenters. The van der Waals surface area contributed by atoms with E-state index in [1.807, 2.05) is 42.5 Å². The third-order valence-corrected chi connectivity index (χ3v) is 5.79. The van der Waals surface area contributed by atoms with Gasteiger partial charge in [0.2, 0.25) is 0 Å². The fraction of sp³-hybridized carbons (Fsp3) is 0.304. The fourth-order valence-corrected chi connectivity index (χ4v) is 4.13. The van der Waals surface area contributed by atoms with Crippen molar-refractivity contribution in [3.8, 4) is 17.0 Å². The second kappa shape index (κ2) is 9.32. The molecule has 4 rings (SSSR count). The molecule has 1 saturated heterocycles. The van der Waals surface area contributed by atoms with E-state index in [4.69, 9.17) is 22.1 Å². The summed E-state index contributed by atoms with van der Waals surface area (Å²) < 4.78 is 5.41. The Morgan fingerprint density at radius 2 is 1.97 bits per heavy atom. The molecule has 0 bridgehead atoms. The number of hydrogen-bond acceptors (Lipinski definition) is 4. The van der Waals surface area contributed by atoms with Crippen LogP contribution >= 0.6 is 11.6 Å². The van der Waals surface area contributed by atoms with E-state index in [9.17, 15) is 4.79 Å². The molecule has 1 aliphatic heterocycles. The van der Waals surface area contributed by atoms with Crippen molar-refractivity contribution in [1.29, 1.82) is 0 Å². The zero-order chi connectivity index (χ0) is 20.9. The molecule has 0 unspecified atom stereocenters. The van der Waals surface area contributed by atoms with Crippen LogP contribution in [0.3, 0.4) is 0 Å². The van der Waals surface area contributed by atoms with Crippen LogP contribution in [0.25, 0.3) is 11.3 Å². The number of benzene rings is 2. The monoisotopic (exact) mass is 424 g/mol. The number of nitrogens with zero attached hydrogens (tertiary/aromatic N) is 2. The summed E-state index contributed by atoms with van der Waals surface area (Å²) in [6.45, 7) is 2.78. The van der Waals surface area contributed by atoms with Gasteiger partial charge in [0.05, 0.1) is 10.7 Å². The Morgan fingerprint density at radius 1 is 1.17 bits per heavy atom. The van der Waals surface area contributed by atoms with Crippen LogP contribution in [0, 0.1) is 0 Å². The summed E-state index contributed by atoms with van der Waals surface area (Å²) in [5.74, 6) is 0.667. The molecule has 1 fully saturated rings. The Morgan fingerprint density at radius 3 is 2.73 bits per heavy atom. The number of hydrogen-bond donors (Lipinski definition) is 2. The lowest BCUT2D eigenvalue weighted by molar-refractivity contribution is -0.119. The molecule has 1 aromatic heterocycles. The number of H-pyrrole nitrogens is 1. The highest BCUT2D eigenvalue weighted by Crippen LogP contribution is 2.32. The largest absolute Gasteiger partial charge is 0.484 e. The highest BCUT2D eigenvalue weighted by atomic mass is 35.5. The zero-order valence-electron chi connectivity index (χ0n) is 16.7. The summed E-state index contributed by atoms with van der Waals surface area (Å²) >= 11 is 6.30. The average Bonchev–Trinajstić information content (AvgIpc) is 3.23. The zero-order valence-corrected chi connectivity index (χ0v) is 17.4. The molecule has 2 aromatic carbocycles. The minimum atomic E-state index is -0.473. The van der Waals surface area contributed by atoms with Gasteiger partial charge in [0.15, 0.2) is 6.61 Å². The first-order valence-electron chi connectivity index (χ1n) is 10.1. The van der Waals surface area contributed by atoms with Crippen molar-refractivity contribution >= 4 is 17.5 Å². The fourth-order valence-electron chi connectivity index (χ4n) is 3.90. The van der Waals surface area contributed by atoms with Gasteiger partial charge in [-0.15, -0.1) is 0 Å². The number of rotatable bonds is 7. The molecule has 6 nitrogen and oxygen atoms in total. The van der Waals surface area contributed by atoms with Crippen molar-refractivity contribution in [3.63, 3.8) is 0 Å². The van der Waals surface area contributed by atoms with E-state index in [1.165, 1.54) is 5.69 Å². The summed E-state index contributed by atoms with van der Waals surface area (Å²) in [5, 5.41) is 8.41. The Kier molecular flexibility index (Phi) is 6.35. The van der Waals surface area contributed by atoms with E-state index in [2.05, 4.69) is 27.2 Å². The molecule has 0 aliphatic carbocycles. The maximum atomic E-state index is 10.9. The third-order valence-electron chi connectivity index (χ3n) is 5.46. The summed E-state index contributed by atoms with van der Waals surface area (Å²) in [7, 11) is 0. The van der Waals surface area contributed by atoms with Crippen LogP contribution in [0.2, 0.25) is 5.02 Å². The number of primary amides is 1. The number of amides is 1. The van der Waals surface area contributed by atoms with Gasteiger partial charge < -0.3 is 10.5 Å². The van der Waals surface area contributed by atoms with Gasteiger partial charge in [-0.3, -0.25) is 14.8 Å². The van der Waals surface area contributed by atoms with Crippen molar-refractivity contribution in [1.82, 2.24) is 15.1 Å². The van der Waals surface area contributed by atoms with Gasteiger partial charge in [0, 0.05) is 23.7 Å². The Hall–Kier alpha value is -2.83. The minimum absolute atomic E-state index is 0.102. The predicted molar refractivity (Wildman–Crippen MR) is 117 cm³/mol. The number of aromatic amines is 1. The van der Waals surface area contributed by atoms with Crippen LogP contribution in [0.1, 0.15) is 30.0 Å². The smallest absolute Gasteiger partial charge is 0.255 e. The second-order valence-electron chi connectivity index (χ2n) is 7.64. The molecule has 30 heavy (non-hydrogen) atoms. The summed E-state index contributed by atoms with van der Waals surface area (Å²) in [5.41, 5.74) is 9.33. The van der Waals surface area contributed by atoms with Gasteiger partial charge in [-0.1, -0.05) is 41.9 Å². The molecular weight excluding hydrogens is 400 g/mol. The molecule has 0 spiro atoms. The van der Waals surface area contributed by atoms with E-state index >= 15 is 0 Å². The number of ether oxygens (including phenoxy) is 1. The van der Waals surface area contributed by atoms with Gasteiger partial charge in [-0.25, -0.2) is 0 Å². The minimum Gasteiger partial charge on any atom is -0.484 e. The Labute approximate surface area is 181 Å². The van der Waals surface area contributed by atoms with E-state index in [-0.39, 0.29) is 6.61 Å². The second-order valence-corrected chi connectivity index (χ2v) is 8.05. The number of piperidine rings is 1. The first-order chi connectivity index (χ1) is 14.6. The first-order valence-corrected chi connectivity index (χ1v) is 10.5. The lowest BCUT2D eigenvalue weighted by atomic mass is 9.93. The quantitative estimate of drug-likeness (QED) is 0.601. The van der Waals surface area contributed by atoms with Crippen molar-refractivity contribution in [2.24, 2.45) is 5.73 Å². The van der Waals surface area contributed by atoms with Crippen molar-refractivity contribution in [2.75, 3.05) is 19.7 Å². The summed E-state index contributed by atoms with van der Waals surface area (Å²) in [4.78, 5) is 13.3. The number of nitrogens with two attached hydrogens (primary N) is 1. The summed E-state index contributed by atoms with van der Waals surface area (Å²) in [6.07, 6.45) is 2.14. The molecule has 0 radical (unpaired) electrons. The highest BCUT2D eigenvalue weighted by Gasteiger charge is 2.23. The number of carbonyl (C=O) groups is 1. The first kappa shape index (κ1) is 20.4. The Bertz CT molecular complexity index is 1010. The van der Waals surface area contributed by atoms with Gasteiger partial charge >= 0.3 is 0 Å². The predicted octanol–water partition coefficient (Wildman–Crippen LogP) is 3.97. The van der Waals surface area contributed by atoms with E-state index < -0.39 is 5.91 Å². The number of nitrogens with one attached hydrogen (secondary N) is 1. The Balaban J connectivity index is 1.33. The average molecular weight is 425 g/mol. The van der Waals surface area contributed by atoms with Crippen LogP contribution in [-0.2, 0) is 11.3 Å². The molecule has 1 aliphatic rings. The van der Waals surface area contributed by atoms with Crippen molar-refractivity contribution < 1.29 is 9.53 Å². The van der Waals surface area contributed by atoms with Gasteiger partial charge in [0.1, 0.15) is 5.75 Å². The molecule has 1 amide bonds. The van der Waals surface area contributed by atoms with Gasteiger partial charge in [-0.05, 0) is 55.8 Å². The molecule has 7 heteroatoms. The highest BCUT2D eigenvalue weighted by molar-refractivity contribution is 6.33. The molecule has 3 N–H and O–H groups in total. The van der Waals surface area contributed by atoms with Crippen LogP contribution in [0.5, 0.6) is 5.75 Å². The van der Waals surface area contributed by atoms with Crippen molar-refractivity contribution in [2.45, 2.75) is 25.3 Å². The van der Waals surface area contributed by atoms with Crippen LogP contribution < -0.4 is 10.5 Å².